The summed E-state index contributed by atoms with van der Waals surface area (Å²) >= 11 is 0. The molecule has 1 aliphatic heterocycles. The van der Waals surface area contributed by atoms with Gasteiger partial charge in [-0.15, -0.1) is 0 Å². The maximum Gasteiger partial charge on any atom is 0.0835 e. The van der Waals surface area contributed by atoms with Crippen molar-refractivity contribution in [2.45, 2.75) is 69.7 Å². The van der Waals surface area contributed by atoms with Gasteiger partial charge in [-0.2, -0.15) is 0 Å². The van der Waals surface area contributed by atoms with Gasteiger partial charge in [0.15, 0.2) is 0 Å². The molecule has 2 fully saturated rings. The molecule has 1 saturated carbocycles. The highest BCUT2D eigenvalue weighted by Gasteiger charge is 2.24. The standard InChI is InChI=1S/C13H24O3/c14-12-7-2-1-3-8-13(12)16-10-11-6-4-5-9-15-11/h11-14H,1-10H2. The molecule has 3 atom stereocenters. The molecule has 3 nitrogen and oxygen atoms in total. The minimum Gasteiger partial charge on any atom is -0.390 e. The van der Waals surface area contributed by atoms with Crippen molar-refractivity contribution in [2.24, 2.45) is 0 Å². The Balaban J connectivity index is 1.70. The predicted molar refractivity (Wildman–Crippen MR) is 62.4 cm³/mol. The second kappa shape index (κ2) is 6.58. The van der Waals surface area contributed by atoms with E-state index in [2.05, 4.69) is 0 Å². The molecule has 0 bridgehead atoms. The smallest absolute Gasteiger partial charge is 0.0835 e. The average molecular weight is 228 g/mol. The summed E-state index contributed by atoms with van der Waals surface area (Å²) in [5.41, 5.74) is 0. The lowest BCUT2D eigenvalue weighted by molar-refractivity contribution is -0.0950. The molecule has 2 aliphatic rings. The fourth-order valence-electron chi connectivity index (χ4n) is 2.62. The highest BCUT2D eigenvalue weighted by molar-refractivity contribution is 4.74. The number of aliphatic hydroxyl groups excluding tert-OH is 1. The molecule has 0 aromatic carbocycles. The molecular weight excluding hydrogens is 204 g/mol. The van der Waals surface area contributed by atoms with Crippen LogP contribution in [0.15, 0.2) is 0 Å². The van der Waals surface area contributed by atoms with Gasteiger partial charge in [-0.25, -0.2) is 0 Å². The van der Waals surface area contributed by atoms with Crippen molar-refractivity contribution in [3.63, 3.8) is 0 Å². The Hall–Kier alpha value is -0.120. The first-order valence-corrected chi connectivity index (χ1v) is 6.77. The van der Waals surface area contributed by atoms with Gasteiger partial charge in [-0.3, -0.25) is 0 Å². The Bertz CT molecular complexity index is 190. The van der Waals surface area contributed by atoms with Crippen LogP contribution in [0.1, 0.15) is 51.4 Å². The van der Waals surface area contributed by atoms with Crippen LogP contribution in [0.4, 0.5) is 0 Å². The third-order valence-electron chi connectivity index (χ3n) is 3.69. The summed E-state index contributed by atoms with van der Waals surface area (Å²) in [5, 5.41) is 9.91. The van der Waals surface area contributed by atoms with Gasteiger partial charge < -0.3 is 14.6 Å². The lowest BCUT2D eigenvalue weighted by atomic mass is 10.1. The maximum absolute atomic E-state index is 9.91. The first-order valence-electron chi connectivity index (χ1n) is 6.77. The van der Waals surface area contributed by atoms with Crippen LogP contribution < -0.4 is 0 Å². The van der Waals surface area contributed by atoms with Crippen LogP contribution in [-0.4, -0.2) is 36.6 Å². The van der Waals surface area contributed by atoms with E-state index in [0.717, 1.165) is 32.3 Å². The Labute approximate surface area is 98.1 Å². The Morgan fingerprint density at radius 2 is 1.81 bits per heavy atom. The van der Waals surface area contributed by atoms with E-state index in [-0.39, 0.29) is 18.3 Å². The molecule has 16 heavy (non-hydrogen) atoms. The minimum atomic E-state index is -0.258. The molecular formula is C13H24O3. The summed E-state index contributed by atoms with van der Waals surface area (Å²) in [4.78, 5) is 0. The van der Waals surface area contributed by atoms with E-state index in [4.69, 9.17) is 9.47 Å². The molecule has 0 aromatic rings. The molecule has 3 heteroatoms. The van der Waals surface area contributed by atoms with Crippen LogP contribution in [0.5, 0.6) is 0 Å². The van der Waals surface area contributed by atoms with Gasteiger partial charge in [0.05, 0.1) is 24.9 Å². The number of hydrogen-bond acceptors (Lipinski definition) is 3. The Morgan fingerprint density at radius 3 is 2.62 bits per heavy atom. The molecule has 1 saturated heterocycles. The van der Waals surface area contributed by atoms with Crippen molar-refractivity contribution in [3.8, 4) is 0 Å². The van der Waals surface area contributed by atoms with Crippen LogP contribution in [-0.2, 0) is 9.47 Å². The van der Waals surface area contributed by atoms with E-state index >= 15 is 0 Å². The van der Waals surface area contributed by atoms with E-state index in [1.807, 2.05) is 0 Å². The van der Waals surface area contributed by atoms with E-state index in [1.165, 1.54) is 25.7 Å². The quantitative estimate of drug-likeness (QED) is 0.753. The van der Waals surface area contributed by atoms with E-state index in [0.29, 0.717) is 6.61 Å². The third kappa shape index (κ3) is 3.72. The second-order valence-corrected chi connectivity index (χ2v) is 5.07. The molecule has 0 radical (unpaired) electrons. The lowest BCUT2D eigenvalue weighted by Gasteiger charge is -2.26. The molecule has 0 amide bonds. The van der Waals surface area contributed by atoms with Gasteiger partial charge in [-0.1, -0.05) is 19.3 Å². The van der Waals surface area contributed by atoms with Gasteiger partial charge >= 0.3 is 0 Å². The number of ether oxygens (including phenoxy) is 2. The Kier molecular flexibility index (Phi) is 5.07. The van der Waals surface area contributed by atoms with E-state index in [1.54, 1.807) is 0 Å². The zero-order valence-corrected chi connectivity index (χ0v) is 10.1. The zero-order chi connectivity index (χ0) is 11.2. The fraction of sp³-hybridized carbons (Fsp3) is 1.00. The molecule has 0 aromatic heterocycles. The number of rotatable bonds is 3. The largest absolute Gasteiger partial charge is 0.390 e. The van der Waals surface area contributed by atoms with Crippen LogP contribution in [0.3, 0.4) is 0 Å². The van der Waals surface area contributed by atoms with Crippen molar-refractivity contribution in [1.82, 2.24) is 0 Å². The van der Waals surface area contributed by atoms with E-state index in [9.17, 15) is 5.11 Å². The minimum absolute atomic E-state index is 0.0491. The molecule has 1 aliphatic carbocycles. The molecule has 1 heterocycles. The van der Waals surface area contributed by atoms with Gasteiger partial charge in [0, 0.05) is 6.61 Å². The van der Waals surface area contributed by atoms with Crippen LogP contribution in [0.25, 0.3) is 0 Å². The van der Waals surface area contributed by atoms with E-state index < -0.39 is 0 Å². The normalized spacial score (nSPS) is 36.9. The topological polar surface area (TPSA) is 38.7 Å². The maximum atomic E-state index is 9.91. The molecule has 3 unspecified atom stereocenters. The van der Waals surface area contributed by atoms with Crippen molar-refractivity contribution in [2.75, 3.05) is 13.2 Å². The van der Waals surface area contributed by atoms with Gasteiger partial charge in [0.2, 0.25) is 0 Å². The second-order valence-electron chi connectivity index (χ2n) is 5.07. The van der Waals surface area contributed by atoms with Gasteiger partial charge in [0.25, 0.3) is 0 Å². The molecule has 94 valence electrons. The summed E-state index contributed by atoms with van der Waals surface area (Å²) < 4.78 is 11.5. The Morgan fingerprint density at radius 1 is 1.00 bits per heavy atom. The fourth-order valence-corrected chi connectivity index (χ4v) is 2.62. The van der Waals surface area contributed by atoms with Gasteiger partial charge in [0.1, 0.15) is 0 Å². The molecule has 0 spiro atoms. The highest BCUT2D eigenvalue weighted by Crippen LogP contribution is 2.22. The van der Waals surface area contributed by atoms with Crippen LogP contribution >= 0.6 is 0 Å². The van der Waals surface area contributed by atoms with Crippen molar-refractivity contribution in [3.05, 3.63) is 0 Å². The highest BCUT2D eigenvalue weighted by atomic mass is 16.5. The summed E-state index contributed by atoms with van der Waals surface area (Å²) in [7, 11) is 0. The first kappa shape index (κ1) is 12.3. The predicted octanol–water partition coefficient (Wildman–Crippen LogP) is 2.27. The average Bonchev–Trinajstić information content (AvgIpc) is 2.53. The van der Waals surface area contributed by atoms with Crippen molar-refractivity contribution in [1.29, 1.82) is 0 Å². The lowest BCUT2D eigenvalue weighted by Crippen LogP contribution is -2.33. The van der Waals surface area contributed by atoms with Gasteiger partial charge in [-0.05, 0) is 32.1 Å². The first-order chi connectivity index (χ1) is 7.86. The summed E-state index contributed by atoms with van der Waals surface area (Å²) in [6.07, 6.45) is 9.07. The molecule has 1 N–H and O–H groups in total. The van der Waals surface area contributed by atoms with Crippen molar-refractivity contribution >= 4 is 0 Å². The SMILES string of the molecule is OC1CCCCCC1OCC1CCCCO1. The van der Waals surface area contributed by atoms with Crippen LogP contribution in [0.2, 0.25) is 0 Å². The monoisotopic (exact) mass is 228 g/mol. The summed E-state index contributed by atoms with van der Waals surface area (Å²) in [5.74, 6) is 0. The number of hydrogen-bond donors (Lipinski definition) is 1. The van der Waals surface area contributed by atoms with Crippen molar-refractivity contribution < 1.29 is 14.6 Å². The summed E-state index contributed by atoms with van der Waals surface area (Å²) in [6.45, 7) is 1.54. The zero-order valence-electron chi connectivity index (χ0n) is 10.1. The number of aliphatic hydroxyl groups is 1. The third-order valence-corrected chi connectivity index (χ3v) is 3.69. The summed E-state index contributed by atoms with van der Waals surface area (Å²) in [6, 6.07) is 0. The van der Waals surface area contributed by atoms with Crippen LogP contribution in [0, 0.1) is 0 Å². The molecule has 2 rings (SSSR count).